The van der Waals surface area contributed by atoms with E-state index in [1.54, 1.807) is 19.2 Å². The minimum atomic E-state index is -0.151. The summed E-state index contributed by atoms with van der Waals surface area (Å²) in [6.45, 7) is 1.32. The van der Waals surface area contributed by atoms with Crippen LogP contribution in [0.15, 0.2) is 24.3 Å². The first kappa shape index (κ1) is 13.7. The molecule has 1 aromatic carbocycles. The molecule has 1 atom stereocenters. The van der Waals surface area contributed by atoms with Gasteiger partial charge in [0, 0.05) is 13.2 Å². The molecule has 0 saturated carbocycles. The van der Waals surface area contributed by atoms with Gasteiger partial charge in [0.05, 0.1) is 13.2 Å². The maximum Gasteiger partial charge on any atom is 0.258 e. The Hall–Kier alpha value is -1.75. The molecule has 1 aliphatic heterocycles. The van der Waals surface area contributed by atoms with Gasteiger partial charge in [-0.15, -0.1) is 0 Å². The summed E-state index contributed by atoms with van der Waals surface area (Å²) in [6, 6.07) is 7.25. The van der Waals surface area contributed by atoms with Gasteiger partial charge >= 0.3 is 0 Å². The largest absolute Gasteiger partial charge is 0.493 e. The fourth-order valence-electron chi connectivity index (χ4n) is 1.97. The topological polar surface area (TPSA) is 56.8 Å². The number of methoxy groups -OCH3 is 1. The first-order valence-corrected chi connectivity index (χ1v) is 6.43. The fraction of sp³-hybridized carbons (Fsp3) is 0.500. The maximum absolute atomic E-state index is 11.6. The summed E-state index contributed by atoms with van der Waals surface area (Å²) >= 11 is 0. The highest BCUT2D eigenvalue weighted by Gasteiger charge is 2.16. The van der Waals surface area contributed by atoms with Crippen LogP contribution in [0.1, 0.15) is 12.8 Å². The summed E-state index contributed by atoms with van der Waals surface area (Å²) in [7, 11) is 1.57. The van der Waals surface area contributed by atoms with Gasteiger partial charge in [0.15, 0.2) is 18.1 Å². The highest BCUT2D eigenvalue weighted by atomic mass is 16.5. The van der Waals surface area contributed by atoms with E-state index < -0.39 is 0 Å². The number of carbonyl (C=O) groups is 1. The zero-order valence-corrected chi connectivity index (χ0v) is 11.1. The molecule has 1 saturated heterocycles. The second-order valence-electron chi connectivity index (χ2n) is 4.38. The Labute approximate surface area is 112 Å². The summed E-state index contributed by atoms with van der Waals surface area (Å²) in [6.07, 6.45) is 2.22. The van der Waals surface area contributed by atoms with Crippen LogP contribution >= 0.6 is 0 Å². The highest BCUT2D eigenvalue weighted by Crippen LogP contribution is 2.25. The molecular weight excluding hydrogens is 246 g/mol. The number of benzene rings is 1. The Bertz CT molecular complexity index is 416. The van der Waals surface area contributed by atoms with Gasteiger partial charge in [0.2, 0.25) is 0 Å². The van der Waals surface area contributed by atoms with Crippen LogP contribution in [-0.2, 0) is 9.53 Å². The van der Waals surface area contributed by atoms with Crippen LogP contribution in [0.5, 0.6) is 11.5 Å². The van der Waals surface area contributed by atoms with E-state index in [1.165, 1.54) is 0 Å². The number of para-hydroxylation sites is 2. The van der Waals surface area contributed by atoms with Gasteiger partial charge in [0.1, 0.15) is 0 Å². The molecular formula is C14H19NO4. The molecule has 0 bridgehead atoms. The van der Waals surface area contributed by atoms with Gasteiger partial charge in [0.25, 0.3) is 5.91 Å². The summed E-state index contributed by atoms with van der Waals surface area (Å²) in [5.41, 5.74) is 0. The molecule has 2 rings (SSSR count). The molecule has 1 aliphatic rings. The standard InChI is InChI=1S/C14H19NO4/c1-17-12-6-2-3-7-13(12)19-10-14(16)15-9-11-5-4-8-18-11/h2-3,6-7,11H,4-5,8-10H2,1H3,(H,15,16). The minimum Gasteiger partial charge on any atom is -0.493 e. The third-order valence-corrected chi connectivity index (χ3v) is 2.98. The van der Waals surface area contributed by atoms with Crippen molar-refractivity contribution in [2.75, 3.05) is 26.9 Å². The molecule has 1 amide bonds. The van der Waals surface area contributed by atoms with E-state index in [9.17, 15) is 4.79 Å². The van der Waals surface area contributed by atoms with E-state index in [2.05, 4.69) is 5.32 Å². The Morgan fingerprint density at radius 3 is 2.89 bits per heavy atom. The molecule has 1 heterocycles. The first-order chi connectivity index (χ1) is 9.29. The number of carbonyl (C=O) groups excluding carboxylic acids is 1. The lowest BCUT2D eigenvalue weighted by atomic mass is 10.2. The smallest absolute Gasteiger partial charge is 0.258 e. The predicted molar refractivity (Wildman–Crippen MR) is 70.5 cm³/mol. The van der Waals surface area contributed by atoms with Gasteiger partial charge in [-0.1, -0.05) is 12.1 Å². The van der Waals surface area contributed by atoms with Crippen LogP contribution in [-0.4, -0.2) is 38.9 Å². The summed E-state index contributed by atoms with van der Waals surface area (Å²) in [5, 5.41) is 2.80. The van der Waals surface area contributed by atoms with E-state index in [4.69, 9.17) is 14.2 Å². The van der Waals surface area contributed by atoms with Crippen LogP contribution in [0.4, 0.5) is 0 Å². The lowest BCUT2D eigenvalue weighted by Crippen LogP contribution is -2.35. The van der Waals surface area contributed by atoms with Crippen LogP contribution in [0, 0.1) is 0 Å². The molecule has 0 aromatic heterocycles. The van der Waals surface area contributed by atoms with E-state index in [-0.39, 0.29) is 18.6 Å². The number of rotatable bonds is 6. The Balaban J connectivity index is 1.73. The van der Waals surface area contributed by atoms with Crippen LogP contribution in [0.3, 0.4) is 0 Å². The molecule has 5 nitrogen and oxygen atoms in total. The van der Waals surface area contributed by atoms with Crippen molar-refractivity contribution in [2.24, 2.45) is 0 Å². The molecule has 104 valence electrons. The van der Waals surface area contributed by atoms with Gasteiger partial charge in [-0.2, -0.15) is 0 Å². The van der Waals surface area contributed by atoms with Gasteiger partial charge in [-0.3, -0.25) is 4.79 Å². The average Bonchev–Trinajstić information content (AvgIpc) is 2.96. The Morgan fingerprint density at radius 1 is 1.42 bits per heavy atom. The van der Waals surface area contributed by atoms with Crippen molar-refractivity contribution < 1.29 is 19.0 Å². The van der Waals surface area contributed by atoms with E-state index in [0.29, 0.717) is 18.0 Å². The molecule has 5 heteroatoms. The van der Waals surface area contributed by atoms with Crippen LogP contribution in [0.25, 0.3) is 0 Å². The van der Waals surface area contributed by atoms with Crippen molar-refractivity contribution in [3.8, 4) is 11.5 Å². The van der Waals surface area contributed by atoms with Crippen molar-refractivity contribution in [3.05, 3.63) is 24.3 Å². The minimum absolute atomic E-state index is 0.0207. The van der Waals surface area contributed by atoms with Crippen molar-refractivity contribution in [1.29, 1.82) is 0 Å². The number of nitrogens with one attached hydrogen (secondary N) is 1. The first-order valence-electron chi connectivity index (χ1n) is 6.43. The van der Waals surface area contributed by atoms with Gasteiger partial charge in [-0.05, 0) is 25.0 Å². The number of amides is 1. The molecule has 1 fully saturated rings. The van der Waals surface area contributed by atoms with Crippen molar-refractivity contribution in [3.63, 3.8) is 0 Å². The molecule has 0 spiro atoms. The molecule has 1 aromatic rings. The van der Waals surface area contributed by atoms with Gasteiger partial charge in [-0.25, -0.2) is 0 Å². The number of ether oxygens (including phenoxy) is 3. The van der Waals surface area contributed by atoms with Crippen molar-refractivity contribution >= 4 is 5.91 Å². The number of hydrogen-bond donors (Lipinski definition) is 1. The third-order valence-electron chi connectivity index (χ3n) is 2.98. The quantitative estimate of drug-likeness (QED) is 0.844. The summed E-state index contributed by atoms with van der Waals surface area (Å²) in [4.78, 5) is 11.6. The number of hydrogen-bond acceptors (Lipinski definition) is 4. The highest BCUT2D eigenvalue weighted by molar-refractivity contribution is 5.77. The molecule has 1 N–H and O–H groups in total. The Morgan fingerprint density at radius 2 is 2.21 bits per heavy atom. The SMILES string of the molecule is COc1ccccc1OCC(=O)NCC1CCCO1. The van der Waals surface area contributed by atoms with Crippen molar-refractivity contribution in [1.82, 2.24) is 5.32 Å². The molecule has 0 aliphatic carbocycles. The Kier molecular flexibility index (Phi) is 5.03. The molecule has 0 radical (unpaired) electrons. The second kappa shape index (κ2) is 6.99. The van der Waals surface area contributed by atoms with Crippen LogP contribution in [0.2, 0.25) is 0 Å². The fourth-order valence-corrected chi connectivity index (χ4v) is 1.97. The third kappa shape index (κ3) is 4.13. The van der Waals surface area contributed by atoms with Crippen LogP contribution < -0.4 is 14.8 Å². The average molecular weight is 265 g/mol. The molecule has 19 heavy (non-hydrogen) atoms. The zero-order valence-electron chi connectivity index (χ0n) is 11.1. The van der Waals surface area contributed by atoms with E-state index in [1.807, 2.05) is 12.1 Å². The summed E-state index contributed by atoms with van der Waals surface area (Å²) < 4.78 is 16.0. The zero-order chi connectivity index (χ0) is 13.5. The second-order valence-corrected chi connectivity index (χ2v) is 4.38. The lowest BCUT2D eigenvalue weighted by molar-refractivity contribution is -0.123. The monoisotopic (exact) mass is 265 g/mol. The normalized spacial score (nSPS) is 18.1. The predicted octanol–water partition coefficient (Wildman–Crippen LogP) is 1.37. The van der Waals surface area contributed by atoms with Crippen molar-refractivity contribution in [2.45, 2.75) is 18.9 Å². The maximum atomic E-state index is 11.6. The lowest BCUT2D eigenvalue weighted by Gasteiger charge is -2.12. The summed E-state index contributed by atoms with van der Waals surface area (Å²) in [5.74, 6) is 1.04. The van der Waals surface area contributed by atoms with Gasteiger partial charge < -0.3 is 19.5 Å². The molecule has 1 unspecified atom stereocenters. The van der Waals surface area contributed by atoms with E-state index in [0.717, 1.165) is 19.4 Å². The van der Waals surface area contributed by atoms with E-state index >= 15 is 0 Å².